The van der Waals surface area contributed by atoms with E-state index in [4.69, 9.17) is 14.3 Å². The highest BCUT2D eigenvalue weighted by atomic mass is 32.2. The molecule has 7 rings (SSSR count). The molecule has 0 unspecified atom stereocenters. The number of nitrogens with one attached hydrogen (secondary N) is 2. The van der Waals surface area contributed by atoms with Crippen molar-refractivity contribution in [3.05, 3.63) is 63.6 Å². The molecule has 4 N–H and O–H groups in total. The number of rotatable bonds is 7. The van der Waals surface area contributed by atoms with Crippen molar-refractivity contribution in [1.82, 2.24) is 24.0 Å². The predicted octanol–water partition coefficient (Wildman–Crippen LogP) is 3.19. The second kappa shape index (κ2) is 14.9. The summed E-state index contributed by atoms with van der Waals surface area (Å²) in [6, 6.07) is 11.2. The second-order valence-electron chi connectivity index (χ2n) is 14.6. The van der Waals surface area contributed by atoms with Crippen LogP contribution in [0.3, 0.4) is 0 Å². The summed E-state index contributed by atoms with van der Waals surface area (Å²) in [4.78, 5) is 60.8. The van der Waals surface area contributed by atoms with Crippen LogP contribution in [0.25, 0.3) is 11.1 Å². The third kappa shape index (κ3) is 7.83. The van der Waals surface area contributed by atoms with E-state index in [1.54, 1.807) is 15.9 Å². The van der Waals surface area contributed by atoms with Gasteiger partial charge in [0.1, 0.15) is 0 Å². The maximum absolute atomic E-state index is 14.1. The number of benzene rings is 2. The molecule has 3 saturated heterocycles. The zero-order valence-electron chi connectivity index (χ0n) is 29.4. The average Bonchev–Trinajstić information content (AvgIpc) is 3.43. The number of carbonyl (C=O) groups is 3. The molecule has 4 aliphatic heterocycles. The molecule has 16 heteroatoms. The summed E-state index contributed by atoms with van der Waals surface area (Å²) >= 11 is 0. The van der Waals surface area contributed by atoms with Crippen LogP contribution in [-0.2, 0) is 32.6 Å². The van der Waals surface area contributed by atoms with Gasteiger partial charge >= 0.3 is 17.9 Å². The van der Waals surface area contributed by atoms with E-state index >= 15 is 0 Å². The Morgan fingerprint density at radius 2 is 1.58 bits per heavy atom. The molecule has 0 aliphatic carbocycles. The lowest BCUT2D eigenvalue weighted by molar-refractivity contribution is -0.142. The Hall–Kier alpha value is -4.41. The molecule has 280 valence electrons. The largest absolute Gasteiger partial charge is 0.436 e. The highest BCUT2D eigenvalue weighted by molar-refractivity contribution is 7.86. The van der Waals surface area contributed by atoms with Gasteiger partial charge in [-0.05, 0) is 92.5 Å². The Bertz CT molecular complexity index is 1970. The number of urea groups is 1. The number of anilines is 1. The monoisotopic (exact) mass is 737 g/mol. The number of fused-ring (bicyclic) bond motifs is 2. The fourth-order valence-electron chi connectivity index (χ4n) is 8.50. The van der Waals surface area contributed by atoms with Gasteiger partial charge in [0.2, 0.25) is 0 Å². The summed E-state index contributed by atoms with van der Waals surface area (Å²) < 4.78 is 36.2. The quantitative estimate of drug-likeness (QED) is 0.329. The van der Waals surface area contributed by atoms with Gasteiger partial charge in [-0.1, -0.05) is 24.3 Å². The standard InChI is InChI=1S/C36H47N7O8S/c1-23-20-24(21-30-32(23)39-35(46)50-30)22-31(33(44)40-13-6-25(7-14-40)26-8-17-42(18-9-26)52(37,48)49)51-36(47)41-15-11-28(12-16-41)43-19-10-27-4-2-3-5-29(27)38-34(43)45/h2-5,20-21,25-26,28,31H,6-19,22H2,1H3,(H,38,45)(H,39,46)(H2,37,48,49)/t31-/m1/s1. The number of hydrogen-bond acceptors (Lipinski definition) is 8. The summed E-state index contributed by atoms with van der Waals surface area (Å²) in [5.74, 6) is -0.137. The highest BCUT2D eigenvalue weighted by Crippen LogP contribution is 2.34. The van der Waals surface area contributed by atoms with E-state index in [9.17, 15) is 27.6 Å². The lowest BCUT2D eigenvalue weighted by Gasteiger charge is -2.40. The number of aryl methyl sites for hydroxylation is 1. The molecule has 3 aromatic rings. The van der Waals surface area contributed by atoms with Crippen molar-refractivity contribution in [2.75, 3.05) is 51.1 Å². The summed E-state index contributed by atoms with van der Waals surface area (Å²) in [6.07, 6.45) is 3.36. The molecule has 3 fully saturated rings. The number of carbonyl (C=O) groups excluding carboxylic acids is 3. The molecule has 15 nitrogen and oxygen atoms in total. The summed E-state index contributed by atoms with van der Waals surface area (Å²) in [5, 5.41) is 8.35. The number of para-hydroxylation sites is 1. The number of oxazole rings is 1. The Balaban J connectivity index is 0.997. The molecular weight excluding hydrogens is 691 g/mol. The molecule has 1 atom stereocenters. The van der Waals surface area contributed by atoms with Crippen molar-refractivity contribution in [3.63, 3.8) is 0 Å². The molecule has 4 aliphatic rings. The van der Waals surface area contributed by atoms with Crippen molar-refractivity contribution in [2.24, 2.45) is 17.0 Å². The first kappa shape index (κ1) is 36.0. The number of hydrogen-bond donors (Lipinski definition) is 3. The summed E-state index contributed by atoms with van der Waals surface area (Å²) in [6.45, 7) is 5.02. The molecule has 0 spiro atoms. The minimum atomic E-state index is -3.69. The first-order valence-electron chi connectivity index (χ1n) is 18.2. The molecule has 0 radical (unpaired) electrons. The number of amides is 4. The number of H-pyrrole nitrogens is 1. The average molecular weight is 738 g/mol. The Kier molecular flexibility index (Phi) is 10.3. The lowest BCUT2D eigenvalue weighted by Crippen LogP contribution is -2.52. The van der Waals surface area contributed by atoms with Crippen LogP contribution < -0.4 is 16.2 Å². The van der Waals surface area contributed by atoms with E-state index in [2.05, 4.69) is 10.3 Å². The Morgan fingerprint density at radius 3 is 2.27 bits per heavy atom. The fraction of sp³-hybridized carbons (Fsp3) is 0.556. The minimum absolute atomic E-state index is 0.0326. The third-order valence-corrected chi connectivity index (χ3v) is 12.5. The molecular formula is C36H47N7O8S. The van der Waals surface area contributed by atoms with E-state index in [1.165, 1.54) is 4.31 Å². The molecule has 2 aromatic carbocycles. The van der Waals surface area contributed by atoms with Crippen LogP contribution in [-0.4, -0.2) is 108 Å². The molecule has 5 heterocycles. The SMILES string of the molecule is Cc1cc(C[C@@H](OC(=O)N2CCC(N3CCc4ccccc4NC3=O)CC2)C(=O)N2CCC(C3CCN(S(N)(=O)=O)CC3)CC2)cc2oc(=O)[nH]c12. The van der Waals surface area contributed by atoms with Crippen molar-refractivity contribution in [2.45, 2.75) is 70.4 Å². The zero-order chi connectivity index (χ0) is 36.6. The van der Waals surface area contributed by atoms with Crippen LogP contribution in [0.1, 0.15) is 55.2 Å². The van der Waals surface area contributed by atoms with Gasteiger partial charge in [-0.15, -0.1) is 0 Å². The van der Waals surface area contributed by atoms with Gasteiger partial charge in [-0.2, -0.15) is 12.7 Å². The molecule has 4 amide bonds. The molecule has 0 saturated carbocycles. The van der Waals surface area contributed by atoms with Crippen LogP contribution >= 0.6 is 0 Å². The first-order valence-corrected chi connectivity index (χ1v) is 19.7. The van der Waals surface area contributed by atoms with Gasteiger partial charge < -0.3 is 29.2 Å². The molecule has 1 aromatic heterocycles. The van der Waals surface area contributed by atoms with E-state index < -0.39 is 28.2 Å². The maximum atomic E-state index is 14.1. The predicted molar refractivity (Wildman–Crippen MR) is 193 cm³/mol. The highest BCUT2D eigenvalue weighted by Gasteiger charge is 2.37. The van der Waals surface area contributed by atoms with Crippen molar-refractivity contribution in [3.8, 4) is 0 Å². The van der Waals surface area contributed by atoms with E-state index in [-0.39, 0.29) is 24.4 Å². The number of aromatic amines is 1. The van der Waals surface area contributed by atoms with Gasteiger partial charge in [0.15, 0.2) is 11.7 Å². The number of nitrogens with two attached hydrogens (primary N) is 1. The van der Waals surface area contributed by atoms with Crippen LogP contribution in [0, 0.1) is 18.8 Å². The van der Waals surface area contributed by atoms with Crippen LogP contribution in [0.15, 0.2) is 45.6 Å². The Morgan fingerprint density at radius 1 is 0.923 bits per heavy atom. The topological polar surface area (TPSA) is 192 Å². The van der Waals surface area contributed by atoms with Gasteiger partial charge in [0.05, 0.1) is 5.52 Å². The van der Waals surface area contributed by atoms with E-state index in [1.807, 2.05) is 42.2 Å². The third-order valence-electron chi connectivity index (χ3n) is 11.4. The number of likely N-dealkylation sites (tertiary alicyclic amines) is 2. The van der Waals surface area contributed by atoms with Gasteiger partial charge in [-0.3, -0.25) is 9.78 Å². The van der Waals surface area contributed by atoms with Crippen LogP contribution in [0.2, 0.25) is 0 Å². The van der Waals surface area contributed by atoms with Crippen molar-refractivity contribution in [1.29, 1.82) is 0 Å². The minimum Gasteiger partial charge on any atom is -0.436 e. The maximum Gasteiger partial charge on any atom is 0.417 e. The van der Waals surface area contributed by atoms with Crippen molar-refractivity contribution >= 4 is 45.0 Å². The van der Waals surface area contributed by atoms with Gasteiger partial charge in [0, 0.05) is 64.0 Å². The lowest BCUT2D eigenvalue weighted by atomic mass is 9.79. The van der Waals surface area contributed by atoms with Crippen LogP contribution in [0.4, 0.5) is 15.3 Å². The van der Waals surface area contributed by atoms with Crippen LogP contribution in [0.5, 0.6) is 0 Å². The van der Waals surface area contributed by atoms with Crippen molar-refractivity contribution < 1.29 is 32.0 Å². The molecule has 0 bridgehead atoms. The van der Waals surface area contributed by atoms with Gasteiger partial charge in [-0.25, -0.2) is 19.5 Å². The van der Waals surface area contributed by atoms with Gasteiger partial charge in [0.25, 0.3) is 16.1 Å². The summed E-state index contributed by atoms with van der Waals surface area (Å²) in [5.41, 5.74) is 4.34. The normalized spacial score (nSPS) is 20.7. The number of nitrogens with zero attached hydrogens (tertiary/aromatic N) is 4. The first-order chi connectivity index (χ1) is 24.9. The fourth-order valence-corrected chi connectivity index (χ4v) is 9.22. The number of ether oxygens (including phenoxy) is 1. The number of piperidine rings is 3. The second-order valence-corrected chi connectivity index (χ2v) is 16.1. The summed E-state index contributed by atoms with van der Waals surface area (Å²) in [7, 11) is -3.69. The Labute approximate surface area is 302 Å². The van der Waals surface area contributed by atoms with E-state index in [0.29, 0.717) is 87.2 Å². The number of aromatic nitrogens is 1. The molecule has 52 heavy (non-hydrogen) atoms. The van der Waals surface area contributed by atoms with E-state index in [0.717, 1.165) is 48.9 Å². The zero-order valence-corrected chi connectivity index (χ0v) is 30.2. The smallest absolute Gasteiger partial charge is 0.417 e.